The summed E-state index contributed by atoms with van der Waals surface area (Å²) >= 11 is 1.91. The Labute approximate surface area is 107 Å². The molecule has 1 saturated heterocycles. The molecule has 1 aliphatic carbocycles. The minimum atomic E-state index is 0.0419. The molecule has 0 atom stereocenters. The van der Waals surface area contributed by atoms with E-state index in [1.165, 1.54) is 32.1 Å². The first-order chi connectivity index (χ1) is 8.15. The van der Waals surface area contributed by atoms with Gasteiger partial charge in [-0.2, -0.15) is 11.8 Å². The van der Waals surface area contributed by atoms with Gasteiger partial charge in [-0.1, -0.05) is 19.3 Å². The Morgan fingerprint density at radius 1 is 1.24 bits per heavy atom. The summed E-state index contributed by atoms with van der Waals surface area (Å²) in [7, 11) is 0. The van der Waals surface area contributed by atoms with E-state index in [0.29, 0.717) is 13.0 Å². The van der Waals surface area contributed by atoms with Crippen LogP contribution in [-0.2, 0) is 9.59 Å². The number of carbonyl (C=O) groups excluding carboxylic acids is 2. The molecule has 0 radical (unpaired) electrons. The molecule has 2 rings (SSSR count). The highest BCUT2D eigenvalue weighted by Gasteiger charge is 2.36. The lowest BCUT2D eigenvalue weighted by molar-refractivity contribution is -0.139. The summed E-state index contributed by atoms with van der Waals surface area (Å²) in [6, 6.07) is 0. The van der Waals surface area contributed by atoms with Crippen LogP contribution in [0.4, 0.5) is 0 Å². The molecule has 0 aromatic carbocycles. The van der Waals surface area contributed by atoms with Gasteiger partial charge in [0.25, 0.3) is 0 Å². The van der Waals surface area contributed by atoms with E-state index in [1.54, 1.807) is 0 Å². The van der Waals surface area contributed by atoms with Crippen LogP contribution in [0.3, 0.4) is 0 Å². The number of piperidine rings is 1. The Morgan fingerprint density at radius 2 is 1.94 bits per heavy atom. The molecule has 0 bridgehead atoms. The van der Waals surface area contributed by atoms with Gasteiger partial charge >= 0.3 is 0 Å². The number of hydrogen-bond donors (Lipinski definition) is 0. The fraction of sp³-hybridized carbons (Fsp3) is 0.846. The predicted molar refractivity (Wildman–Crippen MR) is 70.2 cm³/mol. The van der Waals surface area contributed by atoms with Crippen molar-refractivity contribution in [3.05, 3.63) is 0 Å². The van der Waals surface area contributed by atoms with Crippen molar-refractivity contribution >= 4 is 23.5 Å². The Hall–Kier alpha value is -0.510. The van der Waals surface area contributed by atoms with Crippen LogP contribution in [0.2, 0.25) is 0 Å². The van der Waals surface area contributed by atoms with Gasteiger partial charge in [-0.15, -0.1) is 0 Å². The van der Waals surface area contributed by atoms with Crippen molar-refractivity contribution < 1.29 is 9.59 Å². The highest BCUT2D eigenvalue weighted by molar-refractivity contribution is 8.00. The van der Waals surface area contributed by atoms with E-state index in [4.69, 9.17) is 0 Å². The fourth-order valence-electron chi connectivity index (χ4n) is 2.89. The minimum Gasteiger partial charge on any atom is -0.340 e. The van der Waals surface area contributed by atoms with Crippen molar-refractivity contribution in [1.82, 2.24) is 4.90 Å². The quantitative estimate of drug-likeness (QED) is 0.726. The zero-order valence-electron chi connectivity index (χ0n) is 10.5. The van der Waals surface area contributed by atoms with Crippen LogP contribution in [0.15, 0.2) is 0 Å². The molecule has 0 unspecified atom stereocenters. The number of thioether (sulfide) groups is 1. The van der Waals surface area contributed by atoms with E-state index in [1.807, 2.05) is 16.7 Å². The van der Waals surface area contributed by atoms with Crippen LogP contribution >= 0.6 is 11.8 Å². The molecule has 1 saturated carbocycles. The first-order valence-electron chi connectivity index (χ1n) is 6.50. The summed E-state index contributed by atoms with van der Waals surface area (Å²) < 4.78 is 0.258. The Bertz CT molecular complexity index is 311. The Morgan fingerprint density at radius 3 is 2.53 bits per heavy atom. The van der Waals surface area contributed by atoms with Crippen LogP contribution in [-0.4, -0.2) is 40.7 Å². The van der Waals surface area contributed by atoms with Gasteiger partial charge in [0.2, 0.25) is 5.91 Å². The normalized spacial score (nSPS) is 25.1. The average Bonchev–Trinajstić information content (AvgIpc) is 2.34. The topological polar surface area (TPSA) is 37.4 Å². The largest absolute Gasteiger partial charge is 0.340 e. The Kier molecular flexibility index (Phi) is 4.13. The first kappa shape index (κ1) is 12.9. The van der Waals surface area contributed by atoms with Gasteiger partial charge in [-0.05, 0) is 19.1 Å². The van der Waals surface area contributed by atoms with Gasteiger partial charge in [0.1, 0.15) is 5.78 Å². The van der Waals surface area contributed by atoms with Crippen molar-refractivity contribution in [2.24, 2.45) is 0 Å². The second-order valence-corrected chi connectivity index (χ2v) is 6.50. The third-order valence-corrected chi connectivity index (χ3v) is 5.44. The van der Waals surface area contributed by atoms with Gasteiger partial charge in [-0.25, -0.2) is 0 Å². The smallest absolute Gasteiger partial charge is 0.230 e. The third-order valence-electron chi connectivity index (χ3n) is 4.04. The number of hydrogen-bond acceptors (Lipinski definition) is 3. The first-order valence-corrected chi connectivity index (χ1v) is 7.72. The maximum atomic E-state index is 11.8. The lowest BCUT2D eigenvalue weighted by atomic mass is 9.87. The highest BCUT2D eigenvalue weighted by Crippen LogP contribution is 2.39. The standard InChI is InChI=1S/C13H21NO2S/c1-17-13(6-3-2-4-7-13)10-14-8-5-11(15)9-12(14)16/h2-10H2,1H3. The Balaban J connectivity index is 1.98. The fourth-order valence-corrected chi connectivity index (χ4v) is 3.87. The molecule has 96 valence electrons. The predicted octanol–water partition coefficient (Wildman–Crippen LogP) is 2.24. The number of ketones is 1. The molecular formula is C13H21NO2S. The number of amides is 1. The van der Waals surface area contributed by atoms with E-state index < -0.39 is 0 Å². The van der Waals surface area contributed by atoms with Crippen molar-refractivity contribution in [3.8, 4) is 0 Å². The summed E-state index contributed by atoms with van der Waals surface area (Å²) in [6.45, 7) is 1.49. The molecular weight excluding hydrogens is 234 g/mol. The monoisotopic (exact) mass is 255 g/mol. The number of rotatable bonds is 3. The molecule has 0 N–H and O–H groups in total. The molecule has 3 nitrogen and oxygen atoms in total. The van der Waals surface area contributed by atoms with Gasteiger partial charge in [-0.3, -0.25) is 9.59 Å². The summed E-state index contributed by atoms with van der Waals surface area (Å²) in [5, 5.41) is 0. The van der Waals surface area contributed by atoms with Crippen molar-refractivity contribution in [1.29, 1.82) is 0 Å². The zero-order chi connectivity index (χ0) is 12.3. The van der Waals surface area contributed by atoms with Crippen LogP contribution in [0.1, 0.15) is 44.9 Å². The van der Waals surface area contributed by atoms with Crippen molar-refractivity contribution in [2.45, 2.75) is 49.7 Å². The number of Topliss-reactive ketones (excluding diaryl/α,β-unsaturated/α-hetero) is 1. The van der Waals surface area contributed by atoms with Crippen LogP contribution in [0, 0.1) is 0 Å². The van der Waals surface area contributed by atoms with E-state index in [0.717, 1.165) is 6.54 Å². The molecule has 1 aliphatic heterocycles. The average molecular weight is 255 g/mol. The van der Waals surface area contributed by atoms with Crippen LogP contribution in [0.5, 0.6) is 0 Å². The van der Waals surface area contributed by atoms with Gasteiger partial charge in [0, 0.05) is 24.3 Å². The van der Waals surface area contributed by atoms with Crippen molar-refractivity contribution in [3.63, 3.8) is 0 Å². The van der Waals surface area contributed by atoms with E-state index in [-0.39, 0.29) is 22.9 Å². The number of carbonyl (C=O) groups is 2. The zero-order valence-corrected chi connectivity index (χ0v) is 11.4. The van der Waals surface area contributed by atoms with Gasteiger partial charge < -0.3 is 4.90 Å². The van der Waals surface area contributed by atoms with Crippen LogP contribution < -0.4 is 0 Å². The molecule has 0 aromatic heterocycles. The molecule has 1 heterocycles. The van der Waals surface area contributed by atoms with Crippen molar-refractivity contribution in [2.75, 3.05) is 19.3 Å². The lowest BCUT2D eigenvalue weighted by Crippen LogP contribution is -2.48. The highest BCUT2D eigenvalue weighted by atomic mass is 32.2. The minimum absolute atomic E-state index is 0.0419. The molecule has 1 amide bonds. The van der Waals surface area contributed by atoms with Crippen LogP contribution in [0.25, 0.3) is 0 Å². The molecule has 0 aromatic rings. The van der Waals surface area contributed by atoms with E-state index in [2.05, 4.69) is 6.26 Å². The maximum Gasteiger partial charge on any atom is 0.230 e. The number of nitrogens with zero attached hydrogens (tertiary/aromatic N) is 1. The van der Waals surface area contributed by atoms with E-state index >= 15 is 0 Å². The summed E-state index contributed by atoms with van der Waals surface area (Å²) in [5.41, 5.74) is 0. The molecule has 4 heteroatoms. The molecule has 2 aliphatic rings. The lowest BCUT2D eigenvalue weighted by Gasteiger charge is -2.40. The molecule has 2 fully saturated rings. The summed E-state index contributed by atoms with van der Waals surface area (Å²) in [4.78, 5) is 25.0. The van der Waals surface area contributed by atoms with Gasteiger partial charge in [0.15, 0.2) is 0 Å². The maximum absolute atomic E-state index is 11.8. The second kappa shape index (κ2) is 5.42. The third kappa shape index (κ3) is 3.03. The summed E-state index contributed by atoms with van der Waals surface area (Å²) in [5.74, 6) is 0.147. The SMILES string of the molecule is CSC1(CN2CCC(=O)CC2=O)CCCCC1. The molecule has 0 spiro atoms. The number of likely N-dealkylation sites (tertiary alicyclic amines) is 1. The van der Waals surface area contributed by atoms with Gasteiger partial charge in [0.05, 0.1) is 6.42 Å². The second-order valence-electron chi connectivity index (χ2n) is 5.23. The van der Waals surface area contributed by atoms with E-state index in [9.17, 15) is 9.59 Å². The molecule has 17 heavy (non-hydrogen) atoms. The summed E-state index contributed by atoms with van der Waals surface area (Å²) in [6.07, 6.45) is 9.15.